The fourth-order valence-electron chi connectivity index (χ4n) is 3.30. The number of nitrogens with zero attached hydrogens (tertiary/aromatic N) is 3. The Morgan fingerprint density at radius 1 is 1.15 bits per heavy atom. The average Bonchev–Trinajstić information content (AvgIpc) is 3.11. The van der Waals surface area contributed by atoms with E-state index in [0.29, 0.717) is 12.2 Å². The van der Waals surface area contributed by atoms with Crippen LogP contribution >= 0.6 is 11.8 Å². The second kappa shape index (κ2) is 11.3. The van der Waals surface area contributed by atoms with Crippen LogP contribution < -0.4 is 5.43 Å². The maximum atomic E-state index is 12.1. The SMILES string of the molecule is CCOC(=O)c1ccc(-n2c(C)cc(C=NNC(=O)CSc3ccc([N+](=O)[O-])cc3)c2C)cc1. The van der Waals surface area contributed by atoms with Gasteiger partial charge in [0.05, 0.1) is 29.1 Å². The van der Waals surface area contributed by atoms with Crippen LogP contribution in [0.4, 0.5) is 5.69 Å². The Hall–Kier alpha value is -3.92. The largest absolute Gasteiger partial charge is 0.462 e. The number of thioether (sulfide) groups is 1. The first-order valence-electron chi connectivity index (χ1n) is 10.5. The molecule has 0 fully saturated rings. The van der Waals surface area contributed by atoms with Crippen molar-refractivity contribution in [2.24, 2.45) is 5.10 Å². The molecule has 0 radical (unpaired) electrons. The zero-order valence-electron chi connectivity index (χ0n) is 19.0. The van der Waals surface area contributed by atoms with Crippen molar-refractivity contribution in [1.82, 2.24) is 9.99 Å². The lowest BCUT2D eigenvalue weighted by Crippen LogP contribution is -2.19. The van der Waals surface area contributed by atoms with Crippen LogP contribution in [0, 0.1) is 24.0 Å². The number of nitrogens with one attached hydrogen (secondary N) is 1. The topological polar surface area (TPSA) is 116 Å². The molecule has 9 nitrogen and oxygen atoms in total. The van der Waals surface area contributed by atoms with Gasteiger partial charge in [-0.05, 0) is 63.2 Å². The minimum atomic E-state index is -0.467. The van der Waals surface area contributed by atoms with Crippen molar-refractivity contribution in [3.05, 3.63) is 87.2 Å². The number of rotatable bonds is 9. The highest BCUT2D eigenvalue weighted by Crippen LogP contribution is 2.22. The number of aromatic nitrogens is 1. The maximum absolute atomic E-state index is 12.1. The van der Waals surface area contributed by atoms with Gasteiger partial charge in [-0.25, -0.2) is 10.2 Å². The zero-order chi connectivity index (χ0) is 24.7. The molecule has 1 amide bonds. The molecule has 2 aromatic carbocycles. The van der Waals surface area contributed by atoms with Crippen LogP contribution in [0.1, 0.15) is 34.2 Å². The van der Waals surface area contributed by atoms with Gasteiger partial charge >= 0.3 is 5.97 Å². The standard InChI is InChI=1S/C24H24N4O5S/c1-4-33-24(30)18-5-7-20(8-6-18)27-16(2)13-19(17(27)3)14-25-26-23(29)15-34-22-11-9-21(10-12-22)28(31)32/h5-14H,4,15H2,1-3H3,(H,26,29). The van der Waals surface area contributed by atoms with Gasteiger partial charge in [0.2, 0.25) is 5.91 Å². The van der Waals surface area contributed by atoms with E-state index in [1.807, 2.05) is 36.6 Å². The third kappa shape index (κ3) is 6.10. The summed E-state index contributed by atoms with van der Waals surface area (Å²) in [6, 6.07) is 15.1. The number of benzene rings is 2. The number of non-ortho nitro benzene ring substituents is 1. The van der Waals surface area contributed by atoms with Gasteiger partial charge in [0.15, 0.2) is 0 Å². The third-order valence-electron chi connectivity index (χ3n) is 4.92. The van der Waals surface area contributed by atoms with E-state index in [9.17, 15) is 19.7 Å². The molecule has 0 bridgehead atoms. The van der Waals surface area contributed by atoms with Crippen LogP contribution in [0.3, 0.4) is 0 Å². The molecule has 10 heteroatoms. The highest BCUT2D eigenvalue weighted by molar-refractivity contribution is 8.00. The Labute approximate surface area is 201 Å². The summed E-state index contributed by atoms with van der Waals surface area (Å²) in [6.07, 6.45) is 1.58. The Morgan fingerprint density at radius 2 is 1.82 bits per heavy atom. The summed E-state index contributed by atoms with van der Waals surface area (Å²) >= 11 is 1.26. The van der Waals surface area contributed by atoms with Gasteiger partial charge in [0.1, 0.15) is 0 Å². The second-order valence-corrected chi connectivity index (χ2v) is 8.31. The molecule has 0 saturated carbocycles. The number of carbonyl (C=O) groups excluding carboxylic acids is 2. The Balaban J connectivity index is 1.60. The first-order chi connectivity index (χ1) is 16.3. The molecular formula is C24H24N4O5S. The van der Waals surface area contributed by atoms with Gasteiger partial charge in [-0.3, -0.25) is 14.9 Å². The number of esters is 1. The molecule has 0 saturated heterocycles. The smallest absolute Gasteiger partial charge is 0.338 e. The maximum Gasteiger partial charge on any atom is 0.338 e. The van der Waals surface area contributed by atoms with Crippen LogP contribution in [0.15, 0.2) is 64.6 Å². The van der Waals surface area contributed by atoms with Crippen LogP contribution in [0.5, 0.6) is 0 Å². The molecule has 1 heterocycles. The van der Waals surface area contributed by atoms with Crippen molar-refractivity contribution >= 4 is 35.5 Å². The minimum Gasteiger partial charge on any atom is -0.462 e. The number of hydrogen-bond acceptors (Lipinski definition) is 7. The number of nitro groups is 1. The van der Waals surface area contributed by atoms with E-state index < -0.39 is 4.92 Å². The number of ether oxygens (including phenoxy) is 1. The molecule has 1 N–H and O–H groups in total. The van der Waals surface area contributed by atoms with Gasteiger partial charge in [-0.2, -0.15) is 5.10 Å². The lowest BCUT2D eigenvalue weighted by atomic mass is 10.2. The van der Waals surface area contributed by atoms with Crippen molar-refractivity contribution in [3.63, 3.8) is 0 Å². The average molecular weight is 481 g/mol. The fraction of sp³-hybridized carbons (Fsp3) is 0.208. The van der Waals surface area contributed by atoms with Gasteiger partial charge < -0.3 is 9.30 Å². The summed E-state index contributed by atoms with van der Waals surface area (Å²) in [7, 11) is 0. The van der Waals surface area contributed by atoms with Crippen LogP contribution in [-0.4, -0.2) is 39.9 Å². The molecule has 1 aromatic heterocycles. The second-order valence-electron chi connectivity index (χ2n) is 7.26. The summed E-state index contributed by atoms with van der Waals surface area (Å²) < 4.78 is 7.05. The predicted molar refractivity (Wildman–Crippen MR) is 131 cm³/mol. The Kier molecular flexibility index (Phi) is 8.20. The Morgan fingerprint density at radius 3 is 2.44 bits per heavy atom. The molecule has 3 aromatic rings. The summed E-state index contributed by atoms with van der Waals surface area (Å²) in [6.45, 7) is 6.00. The minimum absolute atomic E-state index is 0.00550. The first-order valence-corrected chi connectivity index (χ1v) is 11.4. The first kappa shape index (κ1) is 24.7. The van der Waals surface area contributed by atoms with Crippen molar-refractivity contribution < 1.29 is 19.2 Å². The summed E-state index contributed by atoms with van der Waals surface area (Å²) in [5.74, 6) is -0.519. The van der Waals surface area contributed by atoms with Crippen molar-refractivity contribution in [2.75, 3.05) is 12.4 Å². The van der Waals surface area contributed by atoms with E-state index in [1.165, 1.54) is 23.9 Å². The normalized spacial score (nSPS) is 10.9. The molecule has 0 atom stereocenters. The number of amides is 1. The lowest BCUT2D eigenvalue weighted by Gasteiger charge is -2.10. The highest BCUT2D eigenvalue weighted by Gasteiger charge is 2.12. The van der Waals surface area contributed by atoms with Gasteiger partial charge in [-0.1, -0.05) is 0 Å². The number of aryl methyl sites for hydroxylation is 1. The number of hydrogen-bond donors (Lipinski definition) is 1. The van der Waals surface area contributed by atoms with Crippen LogP contribution in [0.25, 0.3) is 5.69 Å². The fourth-order valence-corrected chi connectivity index (χ4v) is 3.99. The zero-order valence-corrected chi connectivity index (χ0v) is 19.8. The van der Waals surface area contributed by atoms with E-state index in [1.54, 1.807) is 37.4 Å². The molecule has 0 unspecified atom stereocenters. The van der Waals surface area contributed by atoms with Gasteiger partial charge in [0.25, 0.3) is 5.69 Å². The number of carbonyl (C=O) groups is 2. The molecule has 0 aliphatic heterocycles. The summed E-state index contributed by atoms with van der Waals surface area (Å²) in [5, 5.41) is 14.8. The van der Waals surface area contributed by atoms with Gasteiger partial charge in [-0.15, -0.1) is 11.8 Å². The lowest BCUT2D eigenvalue weighted by molar-refractivity contribution is -0.384. The van der Waals surface area contributed by atoms with E-state index >= 15 is 0 Å². The molecular weight excluding hydrogens is 456 g/mol. The van der Waals surface area contributed by atoms with E-state index in [2.05, 4.69) is 10.5 Å². The molecule has 0 aliphatic carbocycles. The van der Waals surface area contributed by atoms with E-state index in [0.717, 1.165) is 27.5 Å². The number of nitro benzene ring substituents is 1. The van der Waals surface area contributed by atoms with E-state index in [4.69, 9.17) is 4.74 Å². The Bertz CT molecular complexity index is 1220. The van der Waals surface area contributed by atoms with Crippen LogP contribution in [-0.2, 0) is 9.53 Å². The monoisotopic (exact) mass is 480 g/mol. The molecule has 0 aliphatic rings. The third-order valence-corrected chi connectivity index (χ3v) is 5.93. The quantitative estimate of drug-likeness (QED) is 0.159. The van der Waals surface area contributed by atoms with E-state index in [-0.39, 0.29) is 23.3 Å². The molecule has 176 valence electrons. The van der Waals surface area contributed by atoms with Crippen molar-refractivity contribution in [3.8, 4) is 5.69 Å². The molecule has 0 spiro atoms. The summed E-state index contributed by atoms with van der Waals surface area (Å²) in [4.78, 5) is 34.9. The van der Waals surface area contributed by atoms with Crippen molar-refractivity contribution in [1.29, 1.82) is 0 Å². The molecule has 34 heavy (non-hydrogen) atoms. The predicted octanol–water partition coefficient (Wildman–Crippen LogP) is 4.42. The highest BCUT2D eigenvalue weighted by atomic mass is 32.2. The van der Waals surface area contributed by atoms with Crippen LogP contribution in [0.2, 0.25) is 0 Å². The summed E-state index contributed by atoms with van der Waals surface area (Å²) in [5.41, 5.74) is 6.64. The van der Waals surface area contributed by atoms with Gasteiger partial charge in [0, 0.05) is 39.7 Å². The van der Waals surface area contributed by atoms with Crippen molar-refractivity contribution in [2.45, 2.75) is 25.7 Å². The molecule has 3 rings (SSSR count). The number of hydrazone groups is 1.